The van der Waals surface area contributed by atoms with Crippen molar-refractivity contribution in [3.05, 3.63) is 77.4 Å². The number of nitrogens with zero attached hydrogens (tertiary/aromatic N) is 1. The highest BCUT2D eigenvalue weighted by molar-refractivity contribution is 6.51. The summed E-state index contributed by atoms with van der Waals surface area (Å²) < 4.78 is 21.6. The Morgan fingerprint density at radius 1 is 1.06 bits per heavy atom. The number of carbonyl (C=O) groups excluding carboxylic acids is 2. The number of ketones is 1. The zero-order valence-electron chi connectivity index (χ0n) is 19.6. The Morgan fingerprint density at radius 2 is 1.86 bits per heavy atom. The molecule has 0 aromatic heterocycles. The van der Waals surface area contributed by atoms with Gasteiger partial charge in [-0.2, -0.15) is 0 Å². The highest BCUT2D eigenvalue weighted by atomic mass is 16.7. The number of ether oxygens (including phenoxy) is 4. The first-order chi connectivity index (χ1) is 17.4. The summed E-state index contributed by atoms with van der Waals surface area (Å²) in [5, 5.41) is 21.5. The number of phenols is 1. The van der Waals surface area contributed by atoms with Crippen LogP contribution in [0.1, 0.15) is 24.1 Å². The first-order valence-electron chi connectivity index (χ1n) is 11.2. The number of fused-ring (bicyclic) bond motifs is 1. The summed E-state index contributed by atoms with van der Waals surface area (Å²) in [6, 6.07) is 15.0. The van der Waals surface area contributed by atoms with E-state index >= 15 is 0 Å². The van der Waals surface area contributed by atoms with Crippen LogP contribution in [0.2, 0.25) is 0 Å². The molecule has 0 bridgehead atoms. The highest BCUT2D eigenvalue weighted by Gasteiger charge is 2.47. The Morgan fingerprint density at radius 3 is 2.64 bits per heavy atom. The molecule has 9 heteroatoms. The second-order valence-electron chi connectivity index (χ2n) is 8.10. The number of carbonyl (C=O) groups is 2. The maximum absolute atomic E-state index is 13.4. The van der Waals surface area contributed by atoms with Gasteiger partial charge >= 0.3 is 0 Å². The molecule has 2 heterocycles. The summed E-state index contributed by atoms with van der Waals surface area (Å²) in [6.45, 7) is 2.11. The number of rotatable bonds is 6. The number of anilines is 1. The number of hydrogen-bond donors (Lipinski definition) is 2. The molecular formula is C27H23NO8. The Labute approximate surface area is 206 Å². The second kappa shape index (κ2) is 9.18. The molecule has 0 spiro atoms. The molecule has 1 saturated heterocycles. The summed E-state index contributed by atoms with van der Waals surface area (Å²) in [5.74, 6) is -0.511. The van der Waals surface area contributed by atoms with Crippen molar-refractivity contribution in [2.24, 2.45) is 0 Å². The van der Waals surface area contributed by atoms with Crippen LogP contribution in [0, 0.1) is 0 Å². The number of aliphatic hydroxyl groups excluding tert-OH is 1. The van der Waals surface area contributed by atoms with Crippen molar-refractivity contribution in [3.8, 4) is 28.7 Å². The average Bonchev–Trinajstić information content (AvgIpc) is 3.47. The molecule has 0 radical (unpaired) electrons. The topological polar surface area (TPSA) is 115 Å². The molecule has 0 saturated carbocycles. The van der Waals surface area contributed by atoms with Crippen molar-refractivity contribution in [1.29, 1.82) is 0 Å². The van der Waals surface area contributed by atoms with Crippen molar-refractivity contribution in [2.45, 2.75) is 13.0 Å². The van der Waals surface area contributed by atoms with Gasteiger partial charge in [-0.25, -0.2) is 0 Å². The summed E-state index contributed by atoms with van der Waals surface area (Å²) in [5.41, 5.74) is 1.03. The number of aliphatic hydroxyl groups is 1. The van der Waals surface area contributed by atoms with Gasteiger partial charge in [-0.1, -0.05) is 18.2 Å². The predicted molar refractivity (Wildman–Crippen MR) is 130 cm³/mol. The molecular weight excluding hydrogens is 466 g/mol. The van der Waals surface area contributed by atoms with E-state index in [2.05, 4.69) is 0 Å². The van der Waals surface area contributed by atoms with Gasteiger partial charge in [0.2, 0.25) is 6.79 Å². The third kappa shape index (κ3) is 3.84. The lowest BCUT2D eigenvalue weighted by atomic mass is 9.94. The summed E-state index contributed by atoms with van der Waals surface area (Å²) in [7, 11) is 1.49. The number of hydrogen-bond acceptors (Lipinski definition) is 8. The molecule has 9 nitrogen and oxygen atoms in total. The molecule has 1 amide bonds. The average molecular weight is 489 g/mol. The van der Waals surface area contributed by atoms with Crippen molar-refractivity contribution >= 4 is 23.1 Å². The van der Waals surface area contributed by atoms with Crippen LogP contribution in [0.15, 0.2) is 66.2 Å². The van der Waals surface area contributed by atoms with Crippen molar-refractivity contribution < 1.29 is 38.7 Å². The molecule has 2 aliphatic heterocycles. The minimum atomic E-state index is -1.02. The molecule has 1 unspecified atom stereocenters. The maximum atomic E-state index is 13.4. The van der Waals surface area contributed by atoms with Gasteiger partial charge < -0.3 is 29.2 Å². The van der Waals surface area contributed by atoms with Crippen LogP contribution in [-0.4, -0.2) is 42.4 Å². The molecule has 3 aromatic rings. The molecule has 184 valence electrons. The van der Waals surface area contributed by atoms with Crippen LogP contribution < -0.4 is 23.8 Å². The van der Waals surface area contributed by atoms with Gasteiger partial charge in [0, 0.05) is 17.3 Å². The normalized spacial score (nSPS) is 17.9. The second-order valence-corrected chi connectivity index (χ2v) is 8.10. The van der Waals surface area contributed by atoms with E-state index in [0.717, 1.165) is 0 Å². The molecule has 1 fully saturated rings. The van der Waals surface area contributed by atoms with Crippen molar-refractivity contribution in [3.63, 3.8) is 0 Å². The van der Waals surface area contributed by atoms with Crippen molar-refractivity contribution in [2.75, 3.05) is 25.4 Å². The fourth-order valence-corrected chi connectivity index (χ4v) is 4.35. The van der Waals surface area contributed by atoms with Gasteiger partial charge in [0.1, 0.15) is 11.5 Å². The van der Waals surface area contributed by atoms with E-state index in [0.29, 0.717) is 40.7 Å². The van der Waals surface area contributed by atoms with Crippen molar-refractivity contribution in [1.82, 2.24) is 0 Å². The monoisotopic (exact) mass is 489 g/mol. The van der Waals surface area contributed by atoms with Gasteiger partial charge in [-0.15, -0.1) is 0 Å². The predicted octanol–water partition coefficient (Wildman–Crippen LogP) is 4.15. The van der Waals surface area contributed by atoms with Gasteiger partial charge in [0.05, 0.1) is 25.3 Å². The van der Waals surface area contributed by atoms with Crippen LogP contribution in [0.3, 0.4) is 0 Å². The number of Topliss-reactive ketones (excluding diaryl/α,β-unsaturated/α-hetero) is 1. The van der Waals surface area contributed by atoms with E-state index in [-0.39, 0.29) is 29.6 Å². The molecule has 5 rings (SSSR count). The Balaban J connectivity index is 1.72. The SMILES string of the molecule is CCOc1cc(C2/C(=C(\O)c3cccc(OC)c3)C(=O)C(=O)N2c2ccc3c(c2)OCO3)ccc1O. The van der Waals surface area contributed by atoms with E-state index in [4.69, 9.17) is 18.9 Å². The lowest BCUT2D eigenvalue weighted by Gasteiger charge is -2.26. The van der Waals surface area contributed by atoms with Crippen LogP contribution in [0.25, 0.3) is 5.76 Å². The van der Waals surface area contributed by atoms with Crippen LogP contribution in [0.4, 0.5) is 5.69 Å². The van der Waals surface area contributed by atoms with E-state index in [1.54, 1.807) is 61.5 Å². The smallest absolute Gasteiger partial charge is 0.300 e. The Bertz CT molecular complexity index is 1400. The zero-order chi connectivity index (χ0) is 25.4. The Hall–Kier alpha value is -4.66. The number of aromatic hydroxyl groups is 1. The number of amides is 1. The number of benzene rings is 3. The minimum absolute atomic E-state index is 0.0482. The van der Waals surface area contributed by atoms with E-state index < -0.39 is 17.7 Å². The fraction of sp³-hybridized carbons (Fsp3) is 0.185. The van der Waals surface area contributed by atoms with Gasteiger partial charge in [0.15, 0.2) is 23.0 Å². The quantitative estimate of drug-likeness (QED) is 0.301. The van der Waals surface area contributed by atoms with Crippen LogP contribution >= 0.6 is 0 Å². The molecule has 2 N–H and O–H groups in total. The largest absolute Gasteiger partial charge is 0.507 e. The molecule has 1 atom stereocenters. The van der Waals surface area contributed by atoms with E-state index in [1.807, 2.05) is 0 Å². The van der Waals surface area contributed by atoms with E-state index in [9.17, 15) is 19.8 Å². The summed E-state index contributed by atoms with van der Waals surface area (Å²) in [6.07, 6.45) is 0. The first kappa shape index (κ1) is 23.1. The first-order valence-corrected chi connectivity index (χ1v) is 11.2. The fourth-order valence-electron chi connectivity index (χ4n) is 4.35. The van der Waals surface area contributed by atoms with Gasteiger partial charge in [-0.05, 0) is 48.9 Å². The number of phenolic OH excluding ortho intramolecular Hbond substituents is 1. The lowest BCUT2D eigenvalue weighted by molar-refractivity contribution is -0.132. The third-order valence-corrected chi connectivity index (χ3v) is 6.02. The lowest BCUT2D eigenvalue weighted by Crippen LogP contribution is -2.29. The highest BCUT2D eigenvalue weighted by Crippen LogP contribution is 2.46. The van der Waals surface area contributed by atoms with Crippen LogP contribution in [0.5, 0.6) is 28.7 Å². The molecule has 3 aromatic carbocycles. The van der Waals surface area contributed by atoms with Gasteiger partial charge in [0.25, 0.3) is 11.7 Å². The zero-order valence-corrected chi connectivity index (χ0v) is 19.6. The van der Waals surface area contributed by atoms with Crippen LogP contribution in [-0.2, 0) is 9.59 Å². The minimum Gasteiger partial charge on any atom is -0.507 e. The number of methoxy groups -OCH3 is 1. The van der Waals surface area contributed by atoms with E-state index in [1.165, 1.54) is 18.1 Å². The Kier molecular flexibility index (Phi) is 5.89. The standard InChI is InChI=1S/C27H23NO8/c1-3-34-21-12-15(7-9-19(21)29)24-23(25(30)16-5-4-6-18(11-16)33-2)26(31)27(32)28(24)17-8-10-20-22(13-17)36-14-35-20/h4-13,24,29-30H,3,14H2,1-2H3/b25-23+. The molecule has 36 heavy (non-hydrogen) atoms. The molecule has 0 aliphatic carbocycles. The van der Waals surface area contributed by atoms with Gasteiger partial charge in [-0.3, -0.25) is 14.5 Å². The summed E-state index contributed by atoms with van der Waals surface area (Å²) >= 11 is 0. The third-order valence-electron chi connectivity index (χ3n) is 6.02. The molecule has 2 aliphatic rings. The summed E-state index contributed by atoms with van der Waals surface area (Å²) in [4.78, 5) is 28.1. The maximum Gasteiger partial charge on any atom is 0.300 e.